The van der Waals surface area contributed by atoms with Crippen molar-refractivity contribution < 1.29 is 4.79 Å². The molecule has 2 nitrogen and oxygen atoms in total. The molecule has 1 aliphatic carbocycles. The van der Waals surface area contributed by atoms with E-state index in [-0.39, 0.29) is 5.54 Å². The van der Waals surface area contributed by atoms with Gasteiger partial charge in [-0.15, -0.1) is 0 Å². The largest absolute Gasteiger partial charge is 0.235 e. The van der Waals surface area contributed by atoms with E-state index in [9.17, 15) is 4.79 Å². The molecule has 0 N–H and O–H groups in total. The van der Waals surface area contributed by atoms with Crippen LogP contribution in [0.15, 0.2) is 21.6 Å². The topological polar surface area (TPSA) is 29.4 Å². The van der Waals surface area contributed by atoms with Crippen LogP contribution in [0, 0.1) is 13.8 Å². The molecule has 0 amide bonds. The van der Waals surface area contributed by atoms with Gasteiger partial charge in [-0.2, -0.15) is 4.99 Å². The molecule has 0 aromatic heterocycles. The van der Waals surface area contributed by atoms with Gasteiger partial charge in [-0.1, -0.05) is 22.0 Å². The second-order valence-corrected chi connectivity index (χ2v) is 5.01. The Labute approximate surface area is 97.5 Å². The predicted octanol–water partition coefficient (Wildman–Crippen LogP) is 3.39. The van der Waals surface area contributed by atoms with E-state index in [1.807, 2.05) is 6.92 Å². The first-order valence-corrected chi connectivity index (χ1v) is 5.75. The van der Waals surface area contributed by atoms with Crippen molar-refractivity contribution >= 4 is 22.0 Å². The van der Waals surface area contributed by atoms with Crippen molar-refractivity contribution in [2.24, 2.45) is 4.99 Å². The van der Waals surface area contributed by atoms with Gasteiger partial charge in [0.1, 0.15) is 0 Å². The summed E-state index contributed by atoms with van der Waals surface area (Å²) in [5, 5.41) is 0. The van der Waals surface area contributed by atoms with E-state index in [4.69, 9.17) is 0 Å². The molecule has 15 heavy (non-hydrogen) atoms. The Morgan fingerprint density at radius 1 is 1.33 bits per heavy atom. The molecule has 1 aliphatic rings. The first-order valence-electron chi connectivity index (χ1n) is 4.95. The molecule has 2 rings (SSSR count). The number of halogens is 1. The summed E-state index contributed by atoms with van der Waals surface area (Å²) in [6, 6.07) is 4.21. The summed E-state index contributed by atoms with van der Waals surface area (Å²) in [6.07, 6.45) is 3.62. The van der Waals surface area contributed by atoms with Crippen molar-refractivity contribution in [3.8, 4) is 0 Å². The molecule has 0 aliphatic heterocycles. The molecule has 1 saturated carbocycles. The van der Waals surface area contributed by atoms with Crippen LogP contribution in [0.3, 0.4) is 0 Å². The average molecular weight is 266 g/mol. The Balaban J connectivity index is 2.54. The standard InChI is InChI=1S/C12H12BrNO/c1-8-6-11(13)9(2)5-10(8)12(3-4-12)14-7-15/h5-6H,3-4H2,1-2H3. The van der Waals surface area contributed by atoms with Crippen molar-refractivity contribution in [2.75, 3.05) is 0 Å². The Morgan fingerprint density at radius 2 is 2.00 bits per heavy atom. The van der Waals surface area contributed by atoms with Gasteiger partial charge in [0, 0.05) is 4.47 Å². The lowest BCUT2D eigenvalue weighted by Gasteiger charge is -2.13. The molecule has 0 saturated heterocycles. The van der Waals surface area contributed by atoms with Gasteiger partial charge in [0.05, 0.1) is 5.54 Å². The SMILES string of the molecule is Cc1cc(C2(N=C=O)CC2)c(C)cc1Br. The number of carbonyl (C=O) groups excluding carboxylic acids is 1. The van der Waals surface area contributed by atoms with E-state index in [2.05, 4.69) is 40.0 Å². The minimum atomic E-state index is -0.253. The van der Waals surface area contributed by atoms with Crippen LogP contribution in [-0.4, -0.2) is 6.08 Å². The van der Waals surface area contributed by atoms with Crippen LogP contribution in [0.4, 0.5) is 0 Å². The van der Waals surface area contributed by atoms with Gasteiger partial charge in [0.15, 0.2) is 0 Å². The number of benzene rings is 1. The minimum Gasteiger partial charge on any atom is -0.211 e. The maximum absolute atomic E-state index is 10.4. The molecule has 1 aromatic rings. The minimum absolute atomic E-state index is 0.253. The summed E-state index contributed by atoms with van der Waals surface area (Å²) < 4.78 is 1.11. The van der Waals surface area contributed by atoms with Gasteiger partial charge >= 0.3 is 0 Å². The first kappa shape index (κ1) is 10.6. The number of aryl methyl sites for hydroxylation is 2. The van der Waals surface area contributed by atoms with Crippen molar-refractivity contribution in [2.45, 2.75) is 32.2 Å². The van der Waals surface area contributed by atoms with E-state index in [1.54, 1.807) is 6.08 Å². The van der Waals surface area contributed by atoms with Crippen LogP contribution in [-0.2, 0) is 10.3 Å². The monoisotopic (exact) mass is 265 g/mol. The van der Waals surface area contributed by atoms with Crippen LogP contribution < -0.4 is 0 Å². The summed E-state index contributed by atoms with van der Waals surface area (Å²) in [6.45, 7) is 4.10. The molecule has 0 heterocycles. The summed E-state index contributed by atoms with van der Waals surface area (Å²) in [7, 11) is 0. The number of rotatable bonds is 2. The van der Waals surface area contributed by atoms with Crippen LogP contribution >= 0.6 is 15.9 Å². The fourth-order valence-corrected chi connectivity index (χ4v) is 2.39. The summed E-state index contributed by atoms with van der Waals surface area (Å²) in [5.74, 6) is 0. The van der Waals surface area contributed by atoms with Crippen LogP contribution in [0.5, 0.6) is 0 Å². The first-order chi connectivity index (χ1) is 7.09. The highest BCUT2D eigenvalue weighted by atomic mass is 79.9. The summed E-state index contributed by atoms with van der Waals surface area (Å²) in [5.41, 5.74) is 3.29. The van der Waals surface area contributed by atoms with Crippen LogP contribution in [0.1, 0.15) is 29.5 Å². The zero-order valence-corrected chi connectivity index (χ0v) is 10.4. The fourth-order valence-electron chi connectivity index (χ4n) is 1.93. The Bertz CT molecular complexity index is 457. The van der Waals surface area contributed by atoms with Gasteiger partial charge in [0.2, 0.25) is 6.08 Å². The Morgan fingerprint density at radius 3 is 2.53 bits per heavy atom. The molecule has 1 aromatic carbocycles. The van der Waals surface area contributed by atoms with E-state index in [0.717, 1.165) is 17.3 Å². The maximum atomic E-state index is 10.4. The molecule has 1 fully saturated rings. The molecule has 0 bridgehead atoms. The molecule has 78 valence electrons. The van der Waals surface area contributed by atoms with Crippen LogP contribution in [0.2, 0.25) is 0 Å². The average Bonchev–Trinajstić information content (AvgIpc) is 2.93. The predicted molar refractivity (Wildman–Crippen MR) is 62.6 cm³/mol. The second-order valence-electron chi connectivity index (χ2n) is 4.15. The molecular formula is C12H12BrNO. The van der Waals surface area contributed by atoms with Gasteiger partial charge in [0.25, 0.3) is 0 Å². The number of hydrogen-bond acceptors (Lipinski definition) is 2. The smallest absolute Gasteiger partial charge is 0.211 e. The Kier molecular flexibility index (Phi) is 2.53. The van der Waals surface area contributed by atoms with E-state index in [1.165, 1.54) is 16.7 Å². The zero-order valence-electron chi connectivity index (χ0n) is 8.80. The lowest BCUT2D eigenvalue weighted by molar-refractivity contribution is 0.556. The highest BCUT2D eigenvalue weighted by molar-refractivity contribution is 9.10. The third kappa shape index (κ3) is 1.77. The third-order valence-electron chi connectivity index (χ3n) is 2.99. The quantitative estimate of drug-likeness (QED) is 0.596. The van der Waals surface area contributed by atoms with Crippen molar-refractivity contribution in [1.82, 2.24) is 0 Å². The molecule has 3 heteroatoms. The molecule has 0 radical (unpaired) electrons. The number of hydrogen-bond donors (Lipinski definition) is 0. The van der Waals surface area contributed by atoms with Gasteiger partial charge in [-0.05, 0) is 49.4 Å². The van der Waals surface area contributed by atoms with Crippen molar-refractivity contribution in [3.05, 3.63) is 33.3 Å². The van der Waals surface area contributed by atoms with Crippen LogP contribution in [0.25, 0.3) is 0 Å². The van der Waals surface area contributed by atoms with Gasteiger partial charge < -0.3 is 0 Å². The lowest BCUT2D eigenvalue weighted by atomic mass is 9.97. The van der Waals surface area contributed by atoms with E-state index >= 15 is 0 Å². The Hall–Kier alpha value is -0.920. The fraction of sp³-hybridized carbons (Fsp3) is 0.417. The van der Waals surface area contributed by atoms with Gasteiger partial charge in [-0.3, -0.25) is 0 Å². The van der Waals surface area contributed by atoms with E-state index in [0.29, 0.717) is 0 Å². The van der Waals surface area contributed by atoms with Crippen molar-refractivity contribution in [3.63, 3.8) is 0 Å². The normalized spacial score (nSPS) is 17.0. The molecular weight excluding hydrogens is 254 g/mol. The zero-order chi connectivity index (χ0) is 11.1. The summed E-state index contributed by atoms with van der Waals surface area (Å²) >= 11 is 3.50. The number of isocyanates is 1. The third-order valence-corrected chi connectivity index (χ3v) is 3.84. The number of nitrogens with zero attached hydrogens (tertiary/aromatic N) is 1. The number of aliphatic imine (C=N–C) groups is 1. The molecule has 0 atom stereocenters. The summed E-state index contributed by atoms with van der Waals surface area (Å²) in [4.78, 5) is 14.3. The van der Waals surface area contributed by atoms with Crippen molar-refractivity contribution in [1.29, 1.82) is 0 Å². The van der Waals surface area contributed by atoms with Gasteiger partial charge in [-0.25, -0.2) is 4.79 Å². The lowest BCUT2D eigenvalue weighted by Crippen LogP contribution is -2.05. The van der Waals surface area contributed by atoms with E-state index < -0.39 is 0 Å². The molecule has 0 spiro atoms. The highest BCUT2D eigenvalue weighted by Crippen LogP contribution is 2.50. The molecule has 0 unspecified atom stereocenters. The maximum Gasteiger partial charge on any atom is 0.235 e. The highest BCUT2D eigenvalue weighted by Gasteiger charge is 2.45. The second kappa shape index (κ2) is 3.58.